The lowest BCUT2D eigenvalue weighted by Crippen LogP contribution is -1.84. The number of hydrogen-bond acceptors (Lipinski definition) is 3. The zero-order valence-electron chi connectivity index (χ0n) is 6.37. The molecule has 0 saturated carbocycles. The number of benzene rings is 1. The van der Waals surface area contributed by atoms with Crippen molar-refractivity contribution in [2.24, 2.45) is 0 Å². The fraction of sp³-hybridized carbons (Fsp3) is 0.125. The molecule has 0 atom stereocenters. The number of nitriles is 1. The number of hydrogen-bond donors (Lipinski definition) is 0. The highest BCUT2D eigenvalue weighted by Gasteiger charge is 2.03. The Labute approximate surface area is 80.1 Å². The fourth-order valence-electron chi connectivity index (χ4n) is 0.779. The van der Waals surface area contributed by atoms with E-state index < -0.39 is 0 Å². The standard InChI is InChI=1S/C8H6ClNOS/c1-11-7-3-2-6(9)4-8(7)12-5-10/h2-4H,1H3. The van der Waals surface area contributed by atoms with E-state index in [2.05, 4.69) is 0 Å². The van der Waals surface area contributed by atoms with Crippen LogP contribution in [0.15, 0.2) is 23.1 Å². The van der Waals surface area contributed by atoms with E-state index in [1.807, 2.05) is 5.40 Å². The second-order valence-electron chi connectivity index (χ2n) is 1.99. The third-order valence-electron chi connectivity index (χ3n) is 1.28. The van der Waals surface area contributed by atoms with Gasteiger partial charge in [-0.15, -0.1) is 0 Å². The van der Waals surface area contributed by atoms with Crippen LogP contribution in [0.1, 0.15) is 0 Å². The van der Waals surface area contributed by atoms with Crippen LogP contribution >= 0.6 is 23.4 Å². The van der Waals surface area contributed by atoms with Crippen molar-refractivity contribution in [2.45, 2.75) is 4.90 Å². The van der Waals surface area contributed by atoms with Gasteiger partial charge in [0.25, 0.3) is 0 Å². The molecule has 0 aliphatic carbocycles. The quantitative estimate of drug-likeness (QED) is 0.543. The molecule has 0 amide bonds. The molecule has 0 aliphatic heterocycles. The van der Waals surface area contributed by atoms with Gasteiger partial charge in [-0.3, -0.25) is 0 Å². The summed E-state index contributed by atoms with van der Waals surface area (Å²) < 4.78 is 5.02. The predicted molar refractivity (Wildman–Crippen MR) is 49.5 cm³/mol. The van der Waals surface area contributed by atoms with Crippen molar-refractivity contribution < 1.29 is 4.74 Å². The number of ether oxygens (including phenoxy) is 1. The van der Waals surface area contributed by atoms with E-state index in [1.54, 1.807) is 25.3 Å². The average molecular weight is 200 g/mol. The lowest BCUT2D eigenvalue weighted by molar-refractivity contribution is 0.405. The summed E-state index contributed by atoms with van der Waals surface area (Å²) in [7, 11) is 1.56. The van der Waals surface area contributed by atoms with E-state index in [9.17, 15) is 0 Å². The largest absolute Gasteiger partial charge is 0.496 e. The lowest BCUT2D eigenvalue weighted by atomic mass is 10.3. The number of halogens is 1. The maximum absolute atomic E-state index is 8.44. The van der Waals surface area contributed by atoms with Gasteiger partial charge in [0.15, 0.2) is 0 Å². The molecule has 0 heterocycles. The van der Waals surface area contributed by atoms with Crippen molar-refractivity contribution in [1.82, 2.24) is 0 Å². The van der Waals surface area contributed by atoms with Gasteiger partial charge in [0, 0.05) is 5.02 Å². The Bertz CT molecular complexity index is 321. The second kappa shape index (κ2) is 4.24. The van der Waals surface area contributed by atoms with Crippen molar-refractivity contribution in [1.29, 1.82) is 5.26 Å². The summed E-state index contributed by atoms with van der Waals surface area (Å²) in [4.78, 5) is 0.743. The van der Waals surface area contributed by atoms with E-state index >= 15 is 0 Å². The first-order valence-corrected chi connectivity index (χ1v) is 4.37. The molecule has 0 radical (unpaired) electrons. The Morgan fingerprint density at radius 2 is 2.33 bits per heavy atom. The first kappa shape index (κ1) is 9.24. The van der Waals surface area contributed by atoms with Gasteiger partial charge in [0.1, 0.15) is 11.2 Å². The fourth-order valence-corrected chi connectivity index (χ4v) is 1.55. The van der Waals surface area contributed by atoms with Crippen molar-refractivity contribution in [3.05, 3.63) is 23.2 Å². The summed E-state index contributed by atoms with van der Waals surface area (Å²) in [5, 5.41) is 11.0. The van der Waals surface area contributed by atoms with Crippen LogP contribution in [0.4, 0.5) is 0 Å². The minimum Gasteiger partial charge on any atom is -0.496 e. The van der Waals surface area contributed by atoms with E-state index in [0.29, 0.717) is 10.8 Å². The van der Waals surface area contributed by atoms with Crippen molar-refractivity contribution in [3.63, 3.8) is 0 Å². The van der Waals surface area contributed by atoms with Gasteiger partial charge < -0.3 is 4.74 Å². The van der Waals surface area contributed by atoms with Crippen molar-refractivity contribution in [2.75, 3.05) is 7.11 Å². The lowest BCUT2D eigenvalue weighted by Gasteiger charge is -2.03. The summed E-state index contributed by atoms with van der Waals surface area (Å²) in [5.41, 5.74) is 0. The average Bonchev–Trinajstić information content (AvgIpc) is 2.05. The number of thioether (sulfide) groups is 1. The summed E-state index contributed by atoms with van der Waals surface area (Å²) in [6.45, 7) is 0. The summed E-state index contributed by atoms with van der Waals surface area (Å²) in [6.07, 6.45) is 0. The molecule has 0 aliphatic rings. The Morgan fingerprint density at radius 1 is 1.58 bits per heavy atom. The number of rotatable bonds is 2. The van der Waals surface area contributed by atoms with Crippen LogP contribution < -0.4 is 4.74 Å². The second-order valence-corrected chi connectivity index (χ2v) is 3.25. The molecule has 1 aromatic carbocycles. The van der Waals surface area contributed by atoms with Crippen LogP contribution in [0.25, 0.3) is 0 Å². The molecule has 0 spiro atoms. The van der Waals surface area contributed by atoms with Gasteiger partial charge >= 0.3 is 0 Å². The highest BCUT2D eigenvalue weighted by Crippen LogP contribution is 2.30. The number of methoxy groups -OCH3 is 1. The van der Waals surface area contributed by atoms with E-state index in [4.69, 9.17) is 21.6 Å². The molecule has 1 rings (SSSR count). The Balaban J connectivity index is 3.05. The molecule has 0 N–H and O–H groups in total. The van der Waals surface area contributed by atoms with Gasteiger partial charge in [-0.2, -0.15) is 5.26 Å². The molecule has 0 saturated heterocycles. The summed E-state index contributed by atoms with van der Waals surface area (Å²) >= 11 is 6.77. The topological polar surface area (TPSA) is 33.0 Å². The third-order valence-corrected chi connectivity index (χ3v) is 2.15. The Morgan fingerprint density at radius 3 is 2.92 bits per heavy atom. The number of thiocyanates is 1. The first-order chi connectivity index (χ1) is 5.77. The van der Waals surface area contributed by atoms with Crippen molar-refractivity contribution >= 4 is 23.4 Å². The van der Waals surface area contributed by atoms with Crippen LogP contribution in [-0.2, 0) is 0 Å². The predicted octanol–water partition coefficient (Wildman–Crippen LogP) is 2.92. The van der Waals surface area contributed by atoms with Gasteiger partial charge in [0.2, 0.25) is 0 Å². The first-order valence-electron chi connectivity index (χ1n) is 3.17. The number of nitrogens with zero attached hydrogens (tertiary/aromatic N) is 1. The van der Waals surface area contributed by atoms with Crippen LogP contribution in [-0.4, -0.2) is 7.11 Å². The Kier molecular flexibility index (Phi) is 3.27. The highest BCUT2D eigenvalue weighted by atomic mass is 35.5. The smallest absolute Gasteiger partial charge is 0.138 e. The molecule has 4 heteroatoms. The van der Waals surface area contributed by atoms with E-state index in [-0.39, 0.29) is 0 Å². The third kappa shape index (κ3) is 2.07. The summed E-state index contributed by atoms with van der Waals surface area (Å²) in [6, 6.07) is 5.16. The zero-order valence-corrected chi connectivity index (χ0v) is 7.95. The van der Waals surface area contributed by atoms with Gasteiger partial charge in [0.05, 0.1) is 12.0 Å². The minimum absolute atomic E-state index is 0.605. The molecule has 0 unspecified atom stereocenters. The zero-order chi connectivity index (χ0) is 8.97. The molecule has 0 bridgehead atoms. The molecule has 2 nitrogen and oxygen atoms in total. The monoisotopic (exact) mass is 199 g/mol. The highest BCUT2D eigenvalue weighted by molar-refractivity contribution is 8.03. The molecular formula is C8H6ClNOS. The van der Waals surface area contributed by atoms with Crippen LogP contribution in [0.5, 0.6) is 5.75 Å². The molecule has 0 aromatic heterocycles. The van der Waals surface area contributed by atoms with Gasteiger partial charge in [-0.25, -0.2) is 0 Å². The van der Waals surface area contributed by atoms with Crippen LogP contribution in [0.2, 0.25) is 5.02 Å². The maximum atomic E-state index is 8.44. The van der Waals surface area contributed by atoms with E-state index in [1.165, 1.54) is 0 Å². The maximum Gasteiger partial charge on any atom is 0.138 e. The molecular weight excluding hydrogens is 194 g/mol. The SMILES string of the molecule is COc1ccc(Cl)cc1SC#N. The van der Waals surface area contributed by atoms with Crippen LogP contribution in [0, 0.1) is 10.7 Å². The summed E-state index contributed by atoms with van der Waals surface area (Å²) in [5.74, 6) is 0.672. The Hall–Kier alpha value is -0.850. The molecule has 1 aromatic rings. The van der Waals surface area contributed by atoms with Crippen molar-refractivity contribution in [3.8, 4) is 11.2 Å². The normalized spacial score (nSPS) is 9.08. The minimum atomic E-state index is 0.605. The van der Waals surface area contributed by atoms with E-state index in [0.717, 1.165) is 16.7 Å². The van der Waals surface area contributed by atoms with Gasteiger partial charge in [-0.1, -0.05) is 11.6 Å². The molecule has 0 fully saturated rings. The van der Waals surface area contributed by atoms with Gasteiger partial charge in [-0.05, 0) is 30.0 Å². The molecule has 12 heavy (non-hydrogen) atoms. The molecule has 62 valence electrons. The van der Waals surface area contributed by atoms with Crippen LogP contribution in [0.3, 0.4) is 0 Å².